The second-order valence-electron chi connectivity index (χ2n) is 4.77. The minimum Gasteiger partial charge on any atom is -0.0730 e. The molecule has 0 unspecified atom stereocenters. The van der Waals surface area contributed by atoms with Crippen LogP contribution in [0.2, 0.25) is 0 Å². The van der Waals surface area contributed by atoms with E-state index in [2.05, 4.69) is 51.2 Å². The summed E-state index contributed by atoms with van der Waals surface area (Å²) in [6.07, 6.45) is 6.88. The zero-order valence-corrected chi connectivity index (χ0v) is 9.81. The second-order valence-corrected chi connectivity index (χ2v) is 8.84. The predicted octanol–water partition coefficient (Wildman–Crippen LogP) is 3.68. The van der Waals surface area contributed by atoms with E-state index in [1.807, 2.05) is 0 Å². The van der Waals surface area contributed by atoms with Gasteiger partial charge in [0.1, 0.15) is 5.66 Å². The number of rotatable bonds is 0. The Morgan fingerprint density at radius 2 is 1.85 bits per heavy atom. The summed E-state index contributed by atoms with van der Waals surface area (Å²) in [5.41, 5.74) is 3.99. The van der Waals surface area contributed by atoms with Crippen molar-refractivity contribution < 1.29 is 0 Å². The van der Waals surface area contributed by atoms with E-state index in [1.54, 1.807) is 11.1 Å². The molecular formula is C12H18P+. The SMILES string of the molecule is CC1=C[P+](C)(C)[C@@H]2C(C)=CC=C[C@H]12. The Hall–Kier alpha value is -0.350. The molecule has 0 saturated heterocycles. The minimum atomic E-state index is -0.819. The third-order valence-corrected chi connectivity index (χ3v) is 6.50. The highest BCUT2D eigenvalue weighted by Crippen LogP contribution is 2.68. The van der Waals surface area contributed by atoms with Crippen molar-refractivity contribution in [2.24, 2.45) is 5.92 Å². The highest BCUT2D eigenvalue weighted by Gasteiger charge is 2.47. The van der Waals surface area contributed by atoms with Gasteiger partial charge in [0.15, 0.2) is 0 Å². The molecule has 0 fully saturated rings. The first-order valence-corrected chi connectivity index (χ1v) is 7.72. The molecule has 2 atom stereocenters. The van der Waals surface area contributed by atoms with Gasteiger partial charge in [0.05, 0.1) is 19.1 Å². The molecule has 70 valence electrons. The molecule has 0 radical (unpaired) electrons. The molecule has 1 heterocycles. The Morgan fingerprint density at radius 3 is 2.46 bits per heavy atom. The van der Waals surface area contributed by atoms with Gasteiger partial charge in [-0.1, -0.05) is 18.2 Å². The molecule has 0 aromatic rings. The van der Waals surface area contributed by atoms with E-state index >= 15 is 0 Å². The molecule has 2 aliphatic rings. The zero-order valence-electron chi connectivity index (χ0n) is 8.91. The van der Waals surface area contributed by atoms with E-state index < -0.39 is 7.26 Å². The Morgan fingerprint density at radius 1 is 1.15 bits per heavy atom. The van der Waals surface area contributed by atoms with Crippen molar-refractivity contribution in [3.63, 3.8) is 0 Å². The molecule has 0 amide bonds. The van der Waals surface area contributed by atoms with Crippen LogP contribution in [0.1, 0.15) is 13.8 Å². The van der Waals surface area contributed by atoms with Crippen LogP contribution in [0.4, 0.5) is 0 Å². The lowest BCUT2D eigenvalue weighted by atomic mass is 9.90. The summed E-state index contributed by atoms with van der Waals surface area (Å²) in [5, 5.41) is 0. The van der Waals surface area contributed by atoms with Crippen LogP contribution in [0, 0.1) is 5.92 Å². The Kier molecular flexibility index (Phi) is 2.00. The molecule has 1 aliphatic heterocycles. The molecule has 1 heteroatoms. The summed E-state index contributed by atoms with van der Waals surface area (Å²) < 4.78 is 0. The van der Waals surface area contributed by atoms with Gasteiger partial charge in [-0.25, -0.2) is 0 Å². The number of hydrogen-bond acceptors (Lipinski definition) is 0. The van der Waals surface area contributed by atoms with E-state index in [0.29, 0.717) is 5.92 Å². The maximum atomic E-state index is 2.55. The van der Waals surface area contributed by atoms with Gasteiger partial charge in [-0.3, -0.25) is 0 Å². The lowest BCUT2D eigenvalue weighted by Gasteiger charge is -2.26. The maximum absolute atomic E-state index is 2.55. The summed E-state index contributed by atoms with van der Waals surface area (Å²) in [5.74, 6) is 3.27. The lowest BCUT2D eigenvalue weighted by molar-refractivity contribution is 0.759. The van der Waals surface area contributed by atoms with Crippen LogP contribution < -0.4 is 0 Å². The number of hydrogen-bond donors (Lipinski definition) is 0. The van der Waals surface area contributed by atoms with E-state index in [4.69, 9.17) is 0 Å². The topological polar surface area (TPSA) is 0 Å². The van der Waals surface area contributed by atoms with Gasteiger partial charge < -0.3 is 0 Å². The van der Waals surface area contributed by atoms with Crippen molar-refractivity contribution in [1.82, 2.24) is 0 Å². The van der Waals surface area contributed by atoms with E-state index in [0.717, 1.165) is 5.66 Å². The smallest absolute Gasteiger partial charge is 0.0730 e. The molecule has 2 rings (SSSR count). The van der Waals surface area contributed by atoms with Crippen molar-refractivity contribution in [2.45, 2.75) is 19.5 Å². The molecule has 0 spiro atoms. The highest BCUT2D eigenvalue weighted by molar-refractivity contribution is 7.78. The first-order valence-electron chi connectivity index (χ1n) is 4.90. The predicted molar refractivity (Wildman–Crippen MR) is 62.7 cm³/mol. The standard InChI is InChI=1S/C12H18P/c1-9-6-5-7-11-10(2)8-13(3,4)12(9)11/h5-8,11-12H,1-4H3/q+1/t11-,12-/m1/s1. The van der Waals surface area contributed by atoms with E-state index in [9.17, 15) is 0 Å². The van der Waals surface area contributed by atoms with Crippen LogP contribution in [-0.4, -0.2) is 19.0 Å². The van der Waals surface area contributed by atoms with Crippen molar-refractivity contribution in [3.05, 3.63) is 35.2 Å². The van der Waals surface area contributed by atoms with Crippen LogP contribution in [0.25, 0.3) is 0 Å². The van der Waals surface area contributed by atoms with Crippen LogP contribution in [-0.2, 0) is 0 Å². The van der Waals surface area contributed by atoms with Crippen molar-refractivity contribution in [1.29, 1.82) is 0 Å². The van der Waals surface area contributed by atoms with Crippen LogP contribution >= 0.6 is 7.26 Å². The molecule has 0 bridgehead atoms. The maximum Gasteiger partial charge on any atom is 0.104 e. The van der Waals surface area contributed by atoms with E-state index in [1.165, 1.54) is 0 Å². The van der Waals surface area contributed by atoms with Gasteiger partial charge >= 0.3 is 0 Å². The molecule has 0 N–H and O–H groups in total. The monoisotopic (exact) mass is 193 g/mol. The molecule has 0 nitrogen and oxygen atoms in total. The van der Waals surface area contributed by atoms with E-state index in [-0.39, 0.29) is 0 Å². The summed E-state index contributed by atoms with van der Waals surface area (Å²) in [4.78, 5) is 0. The van der Waals surface area contributed by atoms with Gasteiger partial charge in [-0.15, -0.1) is 0 Å². The van der Waals surface area contributed by atoms with Gasteiger partial charge in [-0.2, -0.15) is 0 Å². The van der Waals surface area contributed by atoms with Crippen LogP contribution in [0.5, 0.6) is 0 Å². The molecule has 0 saturated carbocycles. The van der Waals surface area contributed by atoms with Gasteiger partial charge in [0.2, 0.25) is 0 Å². The fourth-order valence-electron chi connectivity index (χ4n) is 2.84. The van der Waals surface area contributed by atoms with Crippen LogP contribution in [0.15, 0.2) is 35.2 Å². The fourth-order valence-corrected chi connectivity index (χ4v) is 6.53. The number of fused-ring (bicyclic) bond motifs is 1. The number of allylic oxidation sites excluding steroid dienone is 5. The summed E-state index contributed by atoms with van der Waals surface area (Å²) in [6.45, 7) is 9.49. The molecule has 13 heavy (non-hydrogen) atoms. The third kappa shape index (κ3) is 1.32. The first-order chi connectivity index (χ1) is 6.02. The van der Waals surface area contributed by atoms with Gasteiger partial charge in [-0.05, 0) is 25.0 Å². The van der Waals surface area contributed by atoms with Crippen LogP contribution in [0.3, 0.4) is 0 Å². The van der Waals surface area contributed by atoms with Crippen molar-refractivity contribution >= 4 is 7.26 Å². The average Bonchev–Trinajstić information content (AvgIpc) is 2.24. The molecule has 0 aromatic carbocycles. The first kappa shape index (κ1) is 9.21. The van der Waals surface area contributed by atoms with Crippen molar-refractivity contribution in [2.75, 3.05) is 13.3 Å². The Bertz CT molecular complexity index is 318. The third-order valence-electron chi connectivity index (χ3n) is 3.26. The second kappa shape index (κ2) is 2.82. The average molecular weight is 193 g/mol. The summed E-state index contributed by atoms with van der Waals surface area (Å²) >= 11 is 0. The highest BCUT2D eigenvalue weighted by atomic mass is 31.2. The zero-order chi connectivity index (χ0) is 9.64. The Balaban J connectivity index is 2.44. The molecular weight excluding hydrogens is 175 g/mol. The largest absolute Gasteiger partial charge is 0.104 e. The van der Waals surface area contributed by atoms with Gasteiger partial charge in [0, 0.05) is 13.2 Å². The molecule has 0 aromatic heterocycles. The van der Waals surface area contributed by atoms with Crippen molar-refractivity contribution in [3.8, 4) is 0 Å². The summed E-state index contributed by atoms with van der Waals surface area (Å²) in [7, 11) is -0.819. The molecule has 1 aliphatic carbocycles. The normalized spacial score (nSPS) is 35.4. The van der Waals surface area contributed by atoms with Gasteiger partial charge in [0.25, 0.3) is 0 Å². The fraction of sp³-hybridized carbons (Fsp3) is 0.500. The lowest BCUT2D eigenvalue weighted by Crippen LogP contribution is -2.20. The Labute approximate surface area is 81.8 Å². The summed E-state index contributed by atoms with van der Waals surface area (Å²) in [6, 6.07) is 0. The minimum absolute atomic E-state index is 0.716. The quantitative estimate of drug-likeness (QED) is 0.515.